The molecule has 0 aliphatic carbocycles. The summed E-state index contributed by atoms with van der Waals surface area (Å²) in [6.07, 6.45) is 0. The summed E-state index contributed by atoms with van der Waals surface area (Å²) in [4.78, 5) is 0. The Balaban J connectivity index is 0. The van der Waals surface area contributed by atoms with Crippen molar-refractivity contribution >= 4 is 19.6 Å². The highest BCUT2D eigenvalue weighted by Crippen LogP contribution is 1.67. The zero-order valence-corrected chi connectivity index (χ0v) is 4.04. The van der Waals surface area contributed by atoms with Gasteiger partial charge < -0.3 is 24.2 Å². The minimum Gasteiger partial charge on any atom is -0.402 e. The lowest BCUT2D eigenvalue weighted by molar-refractivity contribution is 0.278. The molecular formula is H5BO5S. The van der Waals surface area contributed by atoms with Gasteiger partial charge in [0.15, 0.2) is 12.3 Å². The van der Waals surface area contributed by atoms with E-state index in [0.717, 1.165) is 0 Å². The molecule has 5 nitrogen and oxygen atoms in total. The smallest absolute Gasteiger partial charge is 0.402 e. The average Bonchev–Trinajstić information content (AvgIpc) is 1.33. The van der Waals surface area contributed by atoms with Gasteiger partial charge in [-0.1, -0.05) is 0 Å². The fourth-order valence-electron chi connectivity index (χ4n) is 0. The first kappa shape index (κ1) is 10.2. The molecule has 0 aliphatic rings. The van der Waals surface area contributed by atoms with Crippen LogP contribution in [0.2, 0.25) is 0 Å². The van der Waals surface area contributed by atoms with E-state index in [-0.39, 0.29) is 12.3 Å². The van der Waals surface area contributed by atoms with Gasteiger partial charge >= 0.3 is 7.32 Å². The van der Waals surface area contributed by atoms with Crippen LogP contribution in [0.5, 0.6) is 0 Å². The highest BCUT2D eigenvalue weighted by atomic mass is 32.2. The molecule has 0 aromatic carbocycles. The Labute approximate surface area is 44.8 Å². The second-order valence-electron chi connectivity index (χ2n) is 0.428. The normalized spacial score (nSPS) is 6.43. The third-order valence-corrected chi connectivity index (χ3v) is 0. The van der Waals surface area contributed by atoms with E-state index in [0.29, 0.717) is 0 Å². The summed E-state index contributed by atoms with van der Waals surface area (Å²) in [5, 5.41) is 21.5. The van der Waals surface area contributed by atoms with Gasteiger partial charge in [-0.05, 0) is 0 Å². The lowest BCUT2D eigenvalue weighted by atomic mass is 10.3. The van der Waals surface area contributed by atoms with Crippen molar-refractivity contribution in [1.29, 1.82) is 0 Å². The highest BCUT2D eigenvalue weighted by Gasteiger charge is 1.92. The summed E-state index contributed by atoms with van der Waals surface area (Å²) in [7, 11) is -2.17. The number of hydrogen-bond acceptors (Lipinski definition) is 6. The second kappa shape index (κ2) is 9.51. The first-order chi connectivity index (χ1) is 3.15. The SMILES string of the molecule is OB(O)O.OSO. The molecule has 44 valence electrons. The molecule has 0 aromatic heterocycles. The van der Waals surface area contributed by atoms with Crippen LogP contribution in [0, 0.1) is 0 Å². The van der Waals surface area contributed by atoms with Gasteiger partial charge in [0.25, 0.3) is 0 Å². The Morgan fingerprint density at radius 3 is 1.00 bits per heavy atom. The van der Waals surface area contributed by atoms with Crippen LogP contribution < -0.4 is 0 Å². The summed E-state index contributed by atoms with van der Waals surface area (Å²) < 4.78 is 14.1. The van der Waals surface area contributed by atoms with Crippen molar-refractivity contribution in [1.82, 2.24) is 0 Å². The Morgan fingerprint density at radius 2 is 1.00 bits per heavy atom. The summed E-state index contributed by atoms with van der Waals surface area (Å²) in [5.41, 5.74) is 0. The maximum atomic E-state index is 7.17. The van der Waals surface area contributed by atoms with Crippen molar-refractivity contribution in [2.24, 2.45) is 0 Å². The third-order valence-electron chi connectivity index (χ3n) is 0. The second-order valence-corrected chi connectivity index (χ2v) is 0.591. The van der Waals surface area contributed by atoms with Crippen molar-refractivity contribution < 1.29 is 24.2 Å². The van der Waals surface area contributed by atoms with E-state index < -0.39 is 7.32 Å². The molecule has 0 atom stereocenters. The van der Waals surface area contributed by atoms with Crippen LogP contribution >= 0.6 is 12.3 Å². The number of rotatable bonds is 0. The molecular weight excluding hydrogens is 123 g/mol. The van der Waals surface area contributed by atoms with Crippen LogP contribution in [0.1, 0.15) is 0 Å². The molecule has 5 N–H and O–H groups in total. The molecule has 0 rings (SSSR count). The Kier molecular flexibility index (Phi) is 13.9. The van der Waals surface area contributed by atoms with Crippen molar-refractivity contribution in [3.05, 3.63) is 0 Å². The van der Waals surface area contributed by atoms with Crippen molar-refractivity contribution in [3.8, 4) is 0 Å². The zero-order valence-electron chi connectivity index (χ0n) is 3.22. The van der Waals surface area contributed by atoms with E-state index in [9.17, 15) is 0 Å². The lowest BCUT2D eigenvalue weighted by Crippen LogP contribution is -2.07. The molecule has 0 saturated carbocycles. The minimum absolute atomic E-state index is 0.250. The van der Waals surface area contributed by atoms with Crippen LogP contribution in [0.4, 0.5) is 0 Å². The van der Waals surface area contributed by atoms with Crippen molar-refractivity contribution in [3.63, 3.8) is 0 Å². The van der Waals surface area contributed by atoms with Gasteiger partial charge in [-0.25, -0.2) is 0 Å². The molecule has 0 amide bonds. The predicted molar refractivity (Wildman–Crippen MR) is 25.3 cm³/mol. The minimum atomic E-state index is -2.17. The van der Waals surface area contributed by atoms with Crippen LogP contribution in [0.3, 0.4) is 0 Å². The van der Waals surface area contributed by atoms with Gasteiger partial charge in [-0.3, -0.25) is 0 Å². The first-order valence-corrected chi connectivity index (χ1v) is 1.87. The maximum Gasteiger partial charge on any atom is 0.631 e. The van der Waals surface area contributed by atoms with Crippen LogP contribution in [-0.2, 0) is 0 Å². The van der Waals surface area contributed by atoms with E-state index in [2.05, 4.69) is 0 Å². The van der Waals surface area contributed by atoms with Gasteiger partial charge in [0.2, 0.25) is 0 Å². The summed E-state index contributed by atoms with van der Waals surface area (Å²) in [6.45, 7) is 0. The summed E-state index contributed by atoms with van der Waals surface area (Å²) in [6, 6.07) is 0. The predicted octanol–water partition coefficient (Wildman–Crippen LogP) is -1.39. The fraction of sp³-hybridized carbons (Fsp3) is 0. The number of hydrogen-bond donors (Lipinski definition) is 5. The topological polar surface area (TPSA) is 101 Å². The maximum absolute atomic E-state index is 7.17. The zero-order chi connectivity index (χ0) is 6.28. The largest absolute Gasteiger partial charge is 0.631 e. The molecule has 0 heterocycles. The molecule has 0 fully saturated rings. The Morgan fingerprint density at radius 1 is 1.00 bits per heavy atom. The van der Waals surface area contributed by atoms with Gasteiger partial charge in [0.05, 0.1) is 0 Å². The summed E-state index contributed by atoms with van der Waals surface area (Å²) in [5.74, 6) is 0. The molecule has 0 unspecified atom stereocenters. The van der Waals surface area contributed by atoms with E-state index in [1.165, 1.54) is 0 Å². The standard InChI is InChI=1S/BH3O3.H2O2S/c2-1(3)4;1-3-2/h2-4H;1-2H. The molecule has 7 heteroatoms. The Bertz CT molecular complexity index is 19.3. The molecule has 0 bridgehead atoms. The molecule has 0 aliphatic heterocycles. The Hall–Kier alpha value is 0.215. The van der Waals surface area contributed by atoms with Crippen LogP contribution in [-0.4, -0.2) is 31.5 Å². The molecule has 0 radical (unpaired) electrons. The van der Waals surface area contributed by atoms with Gasteiger partial charge in [-0.15, -0.1) is 0 Å². The van der Waals surface area contributed by atoms with E-state index in [1.807, 2.05) is 0 Å². The highest BCUT2D eigenvalue weighted by molar-refractivity contribution is 7.87. The molecule has 0 spiro atoms. The summed E-state index contributed by atoms with van der Waals surface area (Å²) >= 11 is -0.250. The van der Waals surface area contributed by atoms with Crippen molar-refractivity contribution in [2.45, 2.75) is 0 Å². The van der Waals surface area contributed by atoms with E-state index in [1.54, 1.807) is 0 Å². The lowest BCUT2D eigenvalue weighted by Gasteiger charge is -1.69. The fourth-order valence-corrected chi connectivity index (χ4v) is 0. The van der Waals surface area contributed by atoms with Gasteiger partial charge in [0, 0.05) is 0 Å². The van der Waals surface area contributed by atoms with Gasteiger partial charge in [-0.2, -0.15) is 0 Å². The molecule has 0 saturated heterocycles. The third kappa shape index (κ3) is 2390. The monoisotopic (exact) mass is 128 g/mol. The quantitative estimate of drug-likeness (QED) is 0.203. The van der Waals surface area contributed by atoms with Crippen LogP contribution in [0.25, 0.3) is 0 Å². The van der Waals surface area contributed by atoms with Gasteiger partial charge in [0.1, 0.15) is 0 Å². The van der Waals surface area contributed by atoms with Crippen LogP contribution in [0.15, 0.2) is 0 Å². The molecule has 0 aromatic rings. The van der Waals surface area contributed by atoms with E-state index >= 15 is 0 Å². The first-order valence-electron chi connectivity index (χ1n) is 1.14. The van der Waals surface area contributed by atoms with Crippen molar-refractivity contribution in [2.75, 3.05) is 0 Å². The molecule has 7 heavy (non-hydrogen) atoms. The van der Waals surface area contributed by atoms with E-state index in [4.69, 9.17) is 24.2 Å². The average molecular weight is 128 g/mol.